The summed E-state index contributed by atoms with van der Waals surface area (Å²) in [6.07, 6.45) is 2.47. The highest BCUT2D eigenvalue weighted by atomic mass is 19.2. The molecule has 1 aliphatic carbocycles. The van der Waals surface area contributed by atoms with E-state index in [4.69, 9.17) is 4.74 Å². The summed E-state index contributed by atoms with van der Waals surface area (Å²) < 4.78 is 32.2. The summed E-state index contributed by atoms with van der Waals surface area (Å²) in [5.74, 6) is -3.05. The van der Waals surface area contributed by atoms with E-state index in [1.54, 1.807) is 0 Å². The van der Waals surface area contributed by atoms with Crippen LogP contribution in [0.25, 0.3) is 0 Å². The van der Waals surface area contributed by atoms with Gasteiger partial charge in [0.25, 0.3) is 11.5 Å². The number of nitrogens with zero attached hydrogens (tertiary/aromatic N) is 1. The molecule has 0 aliphatic heterocycles. The van der Waals surface area contributed by atoms with Gasteiger partial charge in [0.1, 0.15) is 11.3 Å². The number of nitrogens with one attached hydrogen (secondary N) is 2. The van der Waals surface area contributed by atoms with Crippen LogP contribution in [-0.4, -0.2) is 29.0 Å². The number of ether oxygens (including phenoxy) is 1. The summed E-state index contributed by atoms with van der Waals surface area (Å²) in [6, 6.07) is 3.33. The van der Waals surface area contributed by atoms with Gasteiger partial charge < -0.3 is 15.0 Å². The number of halogens is 2. The third-order valence-electron chi connectivity index (χ3n) is 4.09. The van der Waals surface area contributed by atoms with Crippen LogP contribution in [0.5, 0.6) is 5.75 Å². The molecular formula is C16H15F2N3O3. The Balaban J connectivity index is 1.68. The van der Waals surface area contributed by atoms with E-state index in [1.165, 1.54) is 25.6 Å². The Morgan fingerprint density at radius 3 is 2.79 bits per heavy atom. The Morgan fingerprint density at radius 2 is 2.12 bits per heavy atom. The molecule has 2 N–H and O–H groups in total. The summed E-state index contributed by atoms with van der Waals surface area (Å²) in [6.45, 7) is 0. The lowest BCUT2D eigenvalue weighted by Crippen LogP contribution is -2.44. The molecule has 6 nitrogen and oxygen atoms in total. The molecular weight excluding hydrogens is 320 g/mol. The normalized spacial score (nSPS) is 19.5. The minimum Gasteiger partial charge on any atom is -0.496 e. The lowest BCUT2D eigenvalue weighted by atomic mass is 9.78. The molecule has 2 aromatic rings. The van der Waals surface area contributed by atoms with Crippen molar-refractivity contribution < 1.29 is 18.3 Å². The van der Waals surface area contributed by atoms with Gasteiger partial charge in [-0.15, -0.1) is 0 Å². The maximum Gasteiger partial charge on any atom is 0.258 e. The molecule has 1 aromatic heterocycles. The zero-order chi connectivity index (χ0) is 17.3. The number of methoxy groups -OCH3 is 1. The third kappa shape index (κ3) is 2.99. The van der Waals surface area contributed by atoms with Crippen molar-refractivity contribution in [1.29, 1.82) is 0 Å². The van der Waals surface area contributed by atoms with Crippen molar-refractivity contribution in [3.8, 4) is 5.75 Å². The van der Waals surface area contributed by atoms with E-state index in [2.05, 4.69) is 15.3 Å². The van der Waals surface area contributed by atoms with Crippen LogP contribution in [0.4, 0.5) is 8.78 Å². The zero-order valence-corrected chi connectivity index (χ0v) is 12.8. The van der Waals surface area contributed by atoms with Crippen LogP contribution in [0.15, 0.2) is 29.3 Å². The van der Waals surface area contributed by atoms with E-state index in [0.29, 0.717) is 18.5 Å². The number of hydrogen-bond acceptors (Lipinski definition) is 4. The highest BCUT2D eigenvalue weighted by molar-refractivity contribution is 5.97. The van der Waals surface area contributed by atoms with Gasteiger partial charge >= 0.3 is 0 Å². The van der Waals surface area contributed by atoms with Crippen LogP contribution in [-0.2, 0) is 0 Å². The largest absolute Gasteiger partial charge is 0.496 e. The second-order valence-corrected chi connectivity index (χ2v) is 5.61. The summed E-state index contributed by atoms with van der Waals surface area (Å²) in [4.78, 5) is 30.0. The zero-order valence-electron chi connectivity index (χ0n) is 12.8. The van der Waals surface area contributed by atoms with Crippen molar-refractivity contribution in [2.75, 3.05) is 7.11 Å². The molecule has 8 heteroatoms. The first-order valence-electron chi connectivity index (χ1n) is 7.37. The second-order valence-electron chi connectivity index (χ2n) is 5.61. The van der Waals surface area contributed by atoms with E-state index < -0.39 is 23.1 Å². The van der Waals surface area contributed by atoms with Crippen LogP contribution in [0.3, 0.4) is 0 Å². The molecule has 0 unspecified atom stereocenters. The Labute approximate surface area is 135 Å². The topological polar surface area (TPSA) is 84.1 Å². The van der Waals surface area contributed by atoms with Crippen LogP contribution in [0.1, 0.15) is 34.8 Å². The highest BCUT2D eigenvalue weighted by Gasteiger charge is 2.34. The van der Waals surface area contributed by atoms with Crippen molar-refractivity contribution in [3.05, 3.63) is 57.8 Å². The van der Waals surface area contributed by atoms with E-state index in [9.17, 15) is 18.4 Å². The Bertz CT molecular complexity index is 832. The quantitative estimate of drug-likeness (QED) is 0.891. The van der Waals surface area contributed by atoms with Crippen LogP contribution in [0.2, 0.25) is 0 Å². The van der Waals surface area contributed by atoms with Crippen molar-refractivity contribution >= 4 is 5.91 Å². The van der Waals surface area contributed by atoms with E-state index >= 15 is 0 Å². The molecule has 1 aliphatic rings. The summed E-state index contributed by atoms with van der Waals surface area (Å²) in [5, 5.41) is 2.65. The molecule has 126 valence electrons. The number of rotatable bonds is 4. The number of carbonyl (C=O) groups excluding carboxylic acids is 1. The molecule has 1 amide bonds. The van der Waals surface area contributed by atoms with Gasteiger partial charge in [-0.05, 0) is 25.0 Å². The predicted octanol–water partition coefficient (Wildman–Crippen LogP) is 1.73. The second kappa shape index (κ2) is 6.38. The molecule has 24 heavy (non-hydrogen) atoms. The fourth-order valence-electron chi connectivity index (χ4n) is 2.76. The van der Waals surface area contributed by atoms with Gasteiger partial charge in [-0.1, -0.05) is 0 Å². The predicted molar refractivity (Wildman–Crippen MR) is 81.0 cm³/mol. The summed E-state index contributed by atoms with van der Waals surface area (Å²) in [7, 11) is 1.28. The molecule has 0 bridgehead atoms. The first-order chi connectivity index (χ1) is 11.5. The van der Waals surface area contributed by atoms with Crippen molar-refractivity contribution in [2.24, 2.45) is 0 Å². The summed E-state index contributed by atoms with van der Waals surface area (Å²) >= 11 is 0. The minimum atomic E-state index is -1.24. The molecule has 1 aromatic carbocycles. The number of H-pyrrole nitrogens is 1. The average molecular weight is 335 g/mol. The number of aromatic nitrogens is 2. The van der Waals surface area contributed by atoms with Gasteiger partial charge in [0.15, 0.2) is 11.6 Å². The van der Waals surface area contributed by atoms with Gasteiger partial charge in [-0.3, -0.25) is 9.59 Å². The SMILES string of the molecule is COc1ccc(F)c(F)c1C(=O)NC1CC(c2cc(=O)[nH]cn2)C1. The molecule has 3 rings (SSSR count). The van der Waals surface area contributed by atoms with Crippen molar-refractivity contribution in [1.82, 2.24) is 15.3 Å². The molecule has 0 radical (unpaired) electrons. The Hall–Kier alpha value is -2.77. The fraction of sp³-hybridized carbons (Fsp3) is 0.312. The Kier molecular flexibility index (Phi) is 4.28. The van der Waals surface area contributed by atoms with Crippen LogP contribution < -0.4 is 15.6 Å². The molecule has 0 spiro atoms. The number of aromatic amines is 1. The van der Waals surface area contributed by atoms with E-state index in [-0.39, 0.29) is 23.3 Å². The number of amides is 1. The highest BCUT2D eigenvalue weighted by Crippen LogP contribution is 2.35. The van der Waals surface area contributed by atoms with Crippen LogP contribution in [0, 0.1) is 11.6 Å². The fourth-order valence-corrected chi connectivity index (χ4v) is 2.76. The first kappa shape index (κ1) is 16.1. The molecule has 0 atom stereocenters. The smallest absolute Gasteiger partial charge is 0.258 e. The third-order valence-corrected chi connectivity index (χ3v) is 4.09. The van der Waals surface area contributed by atoms with E-state index in [1.807, 2.05) is 0 Å². The number of carbonyl (C=O) groups is 1. The monoisotopic (exact) mass is 335 g/mol. The summed E-state index contributed by atoms with van der Waals surface area (Å²) in [5.41, 5.74) is -0.0342. The minimum absolute atomic E-state index is 0.0291. The van der Waals surface area contributed by atoms with Gasteiger partial charge in [0.05, 0.1) is 19.1 Å². The lowest BCUT2D eigenvalue weighted by molar-refractivity contribution is 0.0899. The Morgan fingerprint density at radius 1 is 1.38 bits per heavy atom. The van der Waals surface area contributed by atoms with Gasteiger partial charge in [-0.2, -0.15) is 0 Å². The van der Waals surface area contributed by atoms with Crippen LogP contribution >= 0.6 is 0 Å². The van der Waals surface area contributed by atoms with Crippen molar-refractivity contribution in [2.45, 2.75) is 24.8 Å². The molecule has 1 heterocycles. The maximum absolute atomic E-state index is 13.9. The van der Waals surface area contributed by atoms with Crippen molar-refractivity contribution in [3.63, 3.8) is 0 Å². The molecule has 1 saturated carbocycles. The van der Waals surface area contributed by atoms with E-state index in [0.717, 1.165) is 6.07 Å². The standard InChI is InChI=1S/C16H15F2N3O3/c1-24-12-3-2-10(17)15(18)14(12)16(23)21-9-4-8(5-9)11-6-13(22)20-7-19-11/h2-3,6-9H,4-5H2,1H3,(H,21,23)(H,19,20,22). The number of hydrogen-bond donors (Lipinski definition) is 2. The van der Waals surface area contributed by atoms with Gasteiger partial charge in [0, 0.05) is 18.0 Å². The van der Waals surface area contributed by atoms with Gasteiger partial charge in [-0.25, -0.2) is 13.8 Å². The average Bonchev–Trinajstić information content (AvgIpc) is 2.52. The molecule has 1 fully saturated rings. The maximum atomic E-state index is 13.9. The van der Waals surface area contributed by atoms with Gasteiger partial charge in [0.2, 0.25) is 0 Å². The molecule has 0 saturated heterocycles. The first-order valence-corrected chi connectivity index (χ1v) is 7.37. The lowest BCUT2D eigenvalue weighted by Gasteiger charge is -2.35. The number of benzene rings is 1.